The molecule has 0 amide bonds. The zero-order valence-electron chi connectivity index (χ0n) is 8.57. The van der Waals surface area contributed by atoms with Crippen LogP contribution in [-0.4, -0.2) is 12.6 Å². The normalized spacial score (nSPS) is 28.4. The summed E-state index contributed by atoms with van der Waals surface area (Å²) in [6.07, 6.45) is 3.36. The van der Waals surface area contributed by atoms with Crippen molar-refractivity contribution in [2.24, 2.45) is 10.7 Å². The van der Waals surface area contributed by atoms with Crippen LogP contribution in [0.5, 0.6) is 0 Å². The first-order valence-electron chi connectivity index (χ1n) is 5.37. The topological polar surface area (TPSA) is 47.6 Å². The van der Waals surface area contributed by atoms with Crippen LogP contribution in [0.1, 0.15) is 24.0 Å². The molecule has 3 heteroatoms. The highest BCUT2D eigenvalue weighted by molar-refractivity contribution is 5.74. The van der Waals surface area contributed by atoms with Gasteiger partial charge < -0.3 is 10.5 Å². The third kappa shape index (κ3) is 1.23. The zero-order chi connectivity index (χ0) is 10.3. The van der Waals surface area contributed by atoms with E-state index in [4.69, 9.17) is 10.5 Å². The monoisotopic (exact) mass is 202 g/mol. The average Bonchev–Trinajstić information content (AvgIpc) is 2.62. The fourth-order valence-electron chi connectivity index (χ4n) is 2.63. The van der Waals surface area contributed by atoms with E-state index >= 15 is 0 Å². The smallest absolute Gasteiger partial charge is 0.283 e. The fraction of sp³-hybridized carbons (Fsp3) is 0.417. The summed E-state index contributed by atoms with van der Waals surface area (Å²) in [4.78, 5) is 4.49. The van der Waals surface area contributed by atoms with Gasteiger partial charge in [0.1, 0.15) is 12.1 Å². The number of nitrogens with zero attached hydrogens (tertiary/aromatic N) is 1. The summed E-state index contributed by atoms with van der Waals surface area (Å²) >= 11 is 0. The van der Waals surface area contributed by atoms with Crippen molar-refractivity contribution in [1.82, 2.24) is 0 Å². The number of benzene rings is 1. The van der Waals surface area contributed by atoms with Crippen LogP contribution in [0.3, 0.4) is 0 Å². The first-order chi connectivity index (χ1) is 7.30. The van der Waals surface area contributed by atoms with Gasteiger partial charge in [0.2, 0.25) is 0 Å². The maximum atomic E-state index is 5.63. The largest absolute Gasteiger partial charge is 0.462 e. The predicted octanol–water partition coefficient (Wildman–Crippen LogP) is 1.56. The highest BCUT2D eigenvalue weighted by Gasteiger charge is 2.40. The minimum atomic E-state index is -0.182. The van der Waals surface area contributed by atoms with Gasteiger partial charge in [0.05, 0.1) is 0 Å². The van der Waals surface area contributed by atoms with E-state index in [1.54, 1.807) is 0 Å². The Kier molecular flexibility index (Phi) is 1.75. The summed E-state index contributed by atoms with van der Waals surface area (Å²) in [7, 11) is 0. The third-order valence-corrected chi connectivity index (χ3v) is 3.34. The molecule has 0 bridgehead atoms. The van der Waals surface area contributed by atoms with E-state index in [9.17, 15) is 0 Å². The molecule has 1 aliphatic heterocycles. The predicted molar refractivity (Wildman–Crippen MR) is 58.6 cm³/mol. The van der Waals surface area contributed by atoms with Crippen molar-refractivity contribution in [3.05, 3.63) is 35.4 Å². The van der Waals surface area contributed by atoms with Gasteiger partial charge in [0, 0.05) is 0 Å². The minimum Gasteiger partial charge on any atom is -0.462 e. The molecular formula is C12H14N2O. The van der Waals surface area contributed by atoms with Crippen LogP contribution >= 0.6 is 0 Å². The van der Waals surface area contributed by atoms with Gasteiger partial charge >= 0.3 is 0 Å². The van der Waals surface area contributed by atoms with Crippen molar-refractivity contribution >= 4 is 6.02 Å². The van der Waals surface area contributed by atoms with Crippen molar-refractivity contribution in [3.8, 4) is 0 Å². The second-order valence-corrected chi connectivity index (χ2v) is 4.28. The highest BCUT2D eigenvalue weighted by atomic mass is 16.5. The van der Waals surface area contributed by atoms with Gasteiger partial charge in [0.15, 0.2) is 0 Å². The molecule has 2 aliphatic rings. The molecule has 1 spiro atoms. The fourth-order valence-corrected chi connectivity index (χ4v) is 2.63. The molecule has 1 aliphatic carbocycles. The molecule has 3 nitrogen and oxygen atoms in total. The van der Waals surface area contributed by atoms with Crippen LogP contribution < -0.4 is 5.73 Å². The Bertz CT molecular complexity index is 427. The standard InChI is InChI=1S/C12H14N2O/c13-11-14-12(8-15-11)7-3-5-9-4-1-2-6-10(9)12/h1-2,4,6H,3,5,7-8H2,(H2,13,14). The lowest BCUT2D eigenvalue weighted by atomic mass is 9.78. The van der Waals surface area contributed by atoms with Crippen molar-refractivity contribution in [2.45, 2.75) is 24.8 Å². The van der Waals surface area contributed by atoms with Gasteiger partial charge in [-0.05, 0) is 30.4 Å². The van der Waals surface area contributed by atoms with E-state index in [1.165, 1.54) is 11.1 Å². The van der Waals surface area contributed by atoms with E-state index in [-0.39, 0.29) is 5.54 Å². The Morgan fingerprint density at radius 1 is 1.33 bits per heavy atom. The van der Waals surface area contributed by atoms with E-state index in [0.717, 1.165) is 19.3 Å². The molecule has 2 N–H and O–H groups in total. The van der Waals surface area contributed by atoms with Gasteiger partial charge in [-0.2, -0.15) is 0 Å². The lowest BCUT2D eigenvalue weighted by Crippen LogP contribution is -2.30. The first-order valence-corrected chi connectivity index (χ1v) is 5.37. The van der Waals surface area contributed by atoms with Gasteiger partial charge in [-0.1, -0.05) is 24.3 Å². The van der Waals surface area contributed by atoms with Crippen LogP contribution in [0.2, 0.25) is 0 Å². The molecule has 1 aromatic carbocycles. The molecule has 0 aromatic heterocycles. The number of ether oxygens (including phenoxy) is 1. The SMILES string of the molecule is NC1=NC2(CCCc3ccccc32)CO1. The molecule has 3 rings (SSSR count). The summed E-state index contributed by atoms with van der Waals surface area (Å²) in [5, 5.41) is 0. The summed E-state index contributed by atoms with van der Waals surface area (Å²) in [5.41, 5.74) is 8.14. The third-order valence-electron chi connectivity index (χ3n) is 3.34. The number of nitrogens with two attached hydrogens (primary N) is 1. The first kappa shape index (κ1) is 8.77. The molecule has 78 valence electrons. The summed E-state index contributed by atoms with van der Waals surface area (Å²) < 4.78 is 5.33. The van der Waals surface area contributed by atoms with E-state index in [0.29, 0.717) is 12.6 Å². The molecule has 1 aromatic rings. The van der Waals surface area contributed by atoms with Crippen LogP contribution in [0.4, 0.5) is 0 Å². The lowest BCUT2D eigenvalue weighted by Gasteiger charge is -2.31. The number of hydrogen-bond acceptors (Lipinski definition) is 3. The van der Waals surface area contributed by atoms with Crippen LogP contribution in [0, 0.1) is 0 Å². The maximum Gasteiger partial charge on any atom is 0.283 e. The average molecular weight is 202 g/mol. The quantitative estimate of drug-likeness (QED) is 0.694. The number of amidine groups is 1. The minimum absolute atomic E-state index is 0.182. The van der Waals surface area contributed by atoms with Gasteiger partial charge in [-0.15, -0.1) is 0 Å². The second-order valence-electron chi connectivity index (χ2n) is 4.28. The molecule has 15 heavy (non-hydrogen) atoms. The molecule has 1 heterocycles. The molecule has 0 saturated carbocycles. The molecule has 0 saturated heterocycles. The second kappa shape index (κ2) is 2.99. The highest BCUT2D eigenvalue weighted by Crippen LogP contribution is 2.40. The summed E-state index contributed by atoms with van der Waals surface area (Å²) in [5.74, 6) is 0. The molecular weight excluding hydrogens is 188 g/mol. The van der Waals surface area contributed by atoms with Crippen molar-refractivity contribution < 1.29 is 4.74 Å². The maximum absolute atomic E-state index is 5.63. The number of hydrogen-bond donors (Lipinski definition) is 1. The summed E-state index contributed by atoms with van der Waals surface area (Å²) in [6, 6.07) is 8.82. The number of aryl methyl sites for hydroxylation is 1. The Morgan fingerprint density at radius 2 is 2.20 bits per heavy atom. The molecule has 1 atom stereocenters. The van der Waals surface area contributed by atoms with Crippen molar-refractivity contribution in [3.63, 3.8) is 0 Å². The van der Waals surface area contributed by atoms with Crippen molar-refractivity contribution in [1.29, 1.82) is 0 Å². The Morgan fingerprint density at radius 3 is 3.00 bits per heavy atom. The zero-order valence-corrected chi connectivity index (χ0v) is 8.57. The number of aliphatic imine (C=N–C) groups is 1. The molecule has 0 fully saturated rings. The van der Waals surface area contributed by atoms with Gasteiger partial charge in [-0.25, -0.2) is 4.99 Å². The lowest BCUT2D eigenvalue weighted by molar-refractivity contribution is 0.233. The molecule has 0 radical (unpaired) electrons. The van der Waals surface area contributed by atoms with E-state index < -0.39 is 0 Å². The van der Waals surface area contributed by atoms with Crippen molar-refractivity contribution in [2.75, 3.05) is 6.61 Å². The molecule has 1 unspecified atom stereocenters. The van der Waals surface area contributed by atoms with Crippen LogP contribution in [0.15, 0.2) is 29.3 Å². The van der Waals surface area contributed by atoms with E-state index in [2.05, 4.69) is 29.3 Å². The summed E-state index contributed by atoms with van der Waals surface area (Å²) in [6.45, 7) is 0.607. The Balaban J connectivity index is 2.14. The van der Waals surface area contributed by atoms with Gasteiger partial charge in [0.25, 0.3) is 6.02 Å². The van der Waals surface area contributed by atoms with E-state index in [1.807, 2.05) is 0 Å². The van der Waals surface area contributed by atoms with Crippen LogP contribution in [-0.2, 0) is 16.7 Å². The van der Waals surface area contributed by atoms with Gasteiger partial charge in [-0.3, -0.25) is 0 Å². The number of rotatable bonds is 0. The number of fused-ring (bicyclic) bond motifs is 2. The Hall–Kier alpha value is -1.51. The Labute approximate surface area is 89.0 Å². The van der Waals surface area contributed by atoms with Crippen LogP contribution in [0.25, 0.3) is 0 Å².